The zero-order valence-corrected chi connectivity index (χ0v) is 20.4. The number of nitrogens with two attached hydrogens (primary N) is 1. The molecule has 2 amide bonds. The minimum absolute atomic E-state index is 0.0158. The number of amides is 2. The minimum atomic E-state index is -0.364. The molecule has 0 aliphatic carbocycles. The van der Waals surface area contributed by atoms with E-state index in [2.05, 4.69) is 32.3 Å². The summed E-state index contributed by atoms with van der Waals surface area (Å²) in [6.45, 7) is 2.96. The van der Waals surface area contributed by atoms with Gasteiger partial charge in [0.1, 0.15) is 0 Å². The molecular formula is C29H28N6O2. The first-order valence-electron chi connectivity index (χ1n) is 12.2. The molecule has 0 atom stereocenters. The van der Waals surface area contributed by atoms with E-state index in [1.54, 1.807) is 6.20 Å². The lowest BCUT2D eigenvalue weighted by molar-refractivity contribution is -0.117. The molecule has 1 aliphatic heterocycles. The Balaban J connectivity index is 1.24. The maximum atomic E-state index is 13.2. The Labute approximate surface area is 215 Å². The highest BCUT2D eigenvalue weighted by Gasteiger charge is 2.22. The Morgan fingerprint density at radius 3 is 2.35 bits per heavy atom. The van der Waals surface area contributed by atoms with E-state index in [0.717, 1.165) is 35.6 Å². The van der Waals surface area contributed by atoms with Crippen LogP contribution in [0.4, 0.5) is 17.3 Å². The second-order valence-corrected chi connectivity index (χ2v) is 8.93. The van der Waals surface area contributed by atoms with Crippen LogP contribution in [0.15, 0.2) is 91.1 Å². The van der Waals surface area contributed by atoms with Crippen LogP contribution in [-0.2, 0) is 11.2 Å². The number of hydrogen-bond donors (Lipinski definition) is 2. The van der Waals surface area contributed by atoms with Gasteiger partial charge in [-0.25, -0.2) is 9.97 Å². The van der Waals surface area contributed by atoms with Crippen LogP contribution in [0, 0.1) is 0 Å². The normalized spacial score (nSPS) is 13.3. The standard InChI is InChI=1S/C29H28N6O2/c30-27(36)19-21-9-11-22(12-10-21)26-13-14-31-29(33-26)32-24-6-4-5-23(20-24)28(37)35-17-15-34(16-18-35)25-7-2-1-3-8-25/h1-14,20H,15-19H2,(H2,30,36)(H,31,32,33). The van der Waals surface area contributed by atoms with E-state index >= 15 is 0 Å². The molecule has 0 bridgehead atoms. The number of nitrogens with one attached hydrogen (secondary N) is 1. The highest BCUT2D eigenvalue weighted by molar-refractivity contribution is 5.95. The van der Waals surface area contributed by atoms with Gasteiger partial charge in [-0.1, -0.05) is 48.5 Å². The lowest BCUT2D eigenvalue weighted by atomic mass is 10.1. The van der Waals surface area contributed by atoms with Crippen LogP contribution >= 0.6 is 0 Å². The monoisotopic (exact) mass is 492 g/mol. The largest absolute Gasteiger partial charge is 0.369 e. The fraction of sp³-hybridized carbons (Fsp3) is 0.172. The van der Waals surface area contributed by atoms with Crippen LogP contribution in [0.3, 0.4) is 0 Å². The minimum Gasteiger partial charge on any atom is -0.369 e. The summed E-state index contributed by atoms with van der Waals surface area (Å²) in [5.74, 6) is 0.0818. The fourth-order valence-corrected chi connectivity index (χ4v) is 4.42. The second-order valence-electron chi connectivity index (χ2n) is 8.93. The van der Waals surface area contributed by atoms with Gasteiger partial charge in [0, 0.05) is 54.9 Å². The Morgan fingerprint density at radius 1 is 0.865 bits per heavy atom. The summed E-state index contributed by atoms with van der Waals surface area (Å²) in [5, 5.41) is 3.22. The molecule has 37 heavy (non-hydrogen) atoms. The van der Waals surface area contributed by atoms with E-state index < -0.39 is 0 Å². The number of benzene rings is 3. The van der Waals surface area contributed by atoms with Crippen LogP contribution in [-0.4, -0.2) is 52.9 Å². The third-order valence-electron chi connectivity index (χ3n) is 6.34. The SMILES string of the molecule is NC(=O)Cc1ccc(-c2ccnc(Nc3cccc(C(=O)N4CCN(c5ccccc5)CC4)c3)n2)cc1. The maximum absolute atomic E-state index is 13.2. The van der Waals surface area contributed by atoms with Crippen molar-refractivity contribution in [1.29, 1.82) is 0 Å². The van der Waals surface area contributed by atoms with E-state index in [4.69, 9.17) is 5.73 Å². The van der Waals surface area contributed by atoms with Gasteiger partial charge in [0.15, 0.2) is 0 Å². The first kappa shape index (κ1) is 24.0. The summed E-state index contributed by atoms with van der Waals surface area (Å²) in [6, 6.07) is 27.1. The van der Waals surface area contributed by atoms with Crippen molar-refractivity contribution in [2.24, 2.45) is 5.73 Å². The van der Waals surface area contributed by atoms with Crippen molar-refractivity contribution in [1.82, 2.24) is 14.9 Å². The second kappa shape index (κ2) is 10.9. The highest BCUT2D eigenvalue weighted by atomic mass is 16.2. The molecule has 1 aromatic heterocycles. The van der Waals surface area contributed by atoms with Crippen molar-refractivity contribution in [3.8, 4) is 11.3 Å². The highest BCUT2D eigenvalue weighted by Crippen LogP contribution is 2.22. The number of primary amides is 1. The molecule has 8 nitrogen and oxygen atoms in total. The summed E-state index contributed by atoms with van der Waals surface area (Å²) in [6.07, 6.45) is 1.89. The first-order chi connectivity index (χ1) is 18.0. The summed E-state index contributed by atoms with van der Waals surface area (Å²) in [5.41, 5.74) is 10.3. The lowest BCUT2D eigenvalue weighted by Crippen LogP contribution is -2.48. The molecule has 0 radical (unpaired) electrons. The van der Waals surface area contributed by atoms with Crippen LogP contribution in [0.1, 0.15) is 15.9 Å². The molecule has 1 saturated heterocycles. The van der Waals surface area contributed by atoms with Crippen LogP contribution in [0.5, 0.6) is 0 Å². The van der Waals surface area contributed by atoms with Crippen molar-refractivity contribution in [2.45, 2.75) is 6.42 Å². The number of para-hydroxylation sites is 1. The van der Waals surface area contributed by atoms with Crippen molar-refractivity contribution in [2.75, 3.05) is 36.4 Å². The van der Waals surface area contributed by atoms with Gasteiger partial charge in [0.25, 0.3) is 5.91 Å². The molecule has 1 fully saturated rings. The molecule has 5 rings (SSSR count). The quantitative estimate of drug-likeness (QED) is 0.406. The summed E-state index contributed by atoms with van der Waals surface area (Å²) >= 11 is 0. The van der Waals surface area contributed by atoms with Gasteiger partial charge in [-0.15, -0.1) is 0 Å². The Bertz CT molecular complexity index is 1380. The van der Waals surface area contributed by atoms with Crippen molar-refractivity contribution in [3.63, 3.8) is 0 Å². The lowest BCUT2D eigenvalue weighted by Gasteiger charge is -2.36. The van der Waals surface area contributed by atoms with E-state index in [1.165, 1.54) is 5.69 Å². The molecule has 0 saturated carbocycles. The van der Waals surface area contributed by atoms with Gasteiger partial charge in [-0.05, 0) is 42.0 Å². The van der Waals surface area contributed by atoms with Gasteiger partial charge in [-0.2, -0.15) is 0 Å². The predicted molar refractivity (Wildman–Crippen MR) is 145 cm³/mol. The van der Waals surface area contributed by atoms with Gasteiger partial charge in [-0.3, -0.25) is 9.59 Å². The fourth-order valence-electron chi connectivity index (χ4n) is 4.42. The number of anilines is 3. The number of carbonyl (C=O) groups is 2. The average Bonchev–Trinajstić information content (AvgIpc) is 2.94. The van der Waals surface area contributed by atoms with E-state index in [-0.39, 0.29) is 18.2 Å². The van der Waals surface area contributed by atoms with Gasteiger partial charge in [0.2, 0.25) is 11.9 Å². The maximum Gasteiger partial charge on any atom is 0.254 e. The number of aromatic nitrogens is 2. The van der Waals surface area contributed by atoms with Crippen LogP contribution < -0.4 is 16.0 Å². The third kappa shape index (κ3) is 5.92. The third-order valence-corrected chi connectivity index (χ3v) is 6.34. The zero-order chi connectivity index (χ0) is 25.6. The molecule has 186 valence electrons. The summed E-state index contributed by atoms with van der Waals surface area (Å²) < 4.78 is 0. The molecule has 0 unspecified atom stereocenters. The summed E-state index contributed by atoms with van der Waals surface area (Å²) in [7, 11) is 0. The first-order valence-corrected chi connectivity index (χ1v) is 12.2. The van der Waals surface area contributed by atoms with Crippen molar-refractivity contribution >= 4 is 29.1 Å². The van der Waals surface area contributed by atoms with Gasteiger partial charge < -0.3 is 20.9 Å². The molecule has 4 aromatic rings. The number of carbonyl (C=O) groups excluding carboxylic acids is 2. The number of piperazine rings is 1. The predicted octanol–water partition coefficient (Wildman–Crippen LogP) is 3.88. The smallest absolute Gasteiger partial charge is 0.254 e. The zero-order valence-electron chi connectivity index (χ0n) is 20.4. The number of hydrogen-bond acceptors (Lipinski definition) is 6. The van der Waals surface area contributed by atoms with Gasteiger partial charge in [0.05, 0.1) is 12.1 Å². The average molecular weight is 493 g/mol. The molecule has 0 spiro atoms. The van der Waals surface area contributed by atoms with E-state index in [0.29, 0.717) is 24.6 Å². The van der Waals surface area contributed by atoms with Gasteiger partial charge >= 0.3 is 0 Å². The molecule has 3 aromatic carbocycles. The Hall–Kier alpha value is -4.72. The Kier molecular flexibility index (Phi) is 7.07. The molecule has 8 heteroatoms. The topological polar surface area (TPSA) is 104 Å². The van der Waals surface area contributed by atoms with E-state index in [1.807, 2.05) is 77.7 Å². The van der Waals surface area contributed by atoms with E-state index in [9.17, 15) is 9.59 Å². The van der Waals surface area contributed by atoms with Crippen molar-refractivity contribution in [3.05, 3.63) is 102 Å². The number of rotatable bonds is 7. The molecule has 3 N–H and O–H groups in total. The van der Waals surface area contributed by atoms with Crippen molar-refractivity contribution < 1.29 is 9.59 Å². The van der Waals surface area contributed by atoms with Crippen LogP contribution in [0.2, 0.25) is 0 Å². The van der Waals surface area contributed by atoms with Crippen LogP contribution in [0.25, 0.3) is 11.3 Å². The summed E-state index contributed by atoms with van der Waals surface area (Å²) in [4.78, 5) is 37.5. The molecular weight excluding hydrogens is 464 g/mol. The number of nitrogens with zero attached hydrogens (tertiary/aromatic N) is 4. The Morgan fingerprint density at radius 2 is 1.62 bits per heavy atom. The molecule has 1 aliphatic rings. The molecule has 2 heterocycles.